The van der Waals surface area contributed by atoms with Crippen LogP contribution >= 0.6 is 15.9 Å². The number of nitrogens with one attached hydrogen (secondary N) is 1. The van der Waals surface area contributed by atoms with Crippen molar-refractivity contribution in [2.45, 2.75) is 10.8 Å². The topological polar surface area (TPSA) is 25.1 Å². The Bertz CT molecular complexity index is 6240. The van der Waals surface area contributed by atoms with E-state index in [9.17, 15) is 0 Å². The maximum absolute atomic E-state index is 3.72. The van der Waals surface area contributed by atoms with E-state index in [1.54, 1.807) is 0 Å². The highest BCUT2D eigenvalue weighted by Gasteiger charge is 2.53. The first-order valence-electron chi connectivity index (χ1n) is 35.4. The second-order valence-corrected chi connectivity index (χ2v) is 28.1. The minimum absolute atomic E-state index is 0.219. The standard InChI is InChI=1S/C49H32N2.C25H15Br.C24H18N2/c1-3-15-33(16-4-1)50(35-28-30-48-42(31-35)41-22-10-14-26-47(41)51(48)34-17-5-2-6-18-34)36-27-29-40-39-21-9-13-25-45(39)49(46(40)32-36)43-23-11-7-19-37(43)38-20-8-12-24-44(38)49;26-16-13-14-20-19-9-3-6-12-23(19)25(24(20)15-16)21-10-4-1-7-17(21)18-8-2-5-11-22(18)25;1-3-9-18(10-4-1)25-19-15-16-24-22(17-19)21-13-7-8-14-23(21)26(24)20-11-5-2-6-12-20/h1-32H;1-15H;1-17,25H. The molecule has 0 saturated carbocycles. The van der Waals surface area contributed by atoms with Crippen molar-refractivity contribution in [2.75, 3.05) is 10.2 Å². The molecule has 2 spiro atoms. The highest BCUT2D eigenvalue weighted by atomic mass is 79.9. The molecule has 4 nitrogen and oxygen atoms in total. The number of hydrogen-bond donors (Lipinski definition) is 1. The molecule has 0 atom stereocenters. The molecule has 0 saturated heterocycles. The molecule has 16 aromatic carbocycles. The van der Waals surface area contributed by atoms with Gasteiger partial charge < -0.3 is 19.4 Å². The number of anilines is 5. The van der Waals surface area contributed by atoms with E-state index in [1.807, 2.05) is 18.2 Å². The van der Waals surface area contributed by atoms with Crippen molar-refractivity contribution in [1.29, 1.82) is 0 Å². The summed E-state index contributed by atoms with van der Waals surface area (Å²) in [6.45, 7) is 0. The lowest BCUT2D eigenvalue weighted by Crippen LogP contribution is -2.26. The lowest BCUT2D eigenvalue weighted by molar-refractivity contribution is 0.793. The second kappa shape index (κ2) is 24.2. The summed E-state index contributed by atoms with van der Waals surface area (Å²) in [4.78, 5) is 2.43. The van der Waals surface area contributed by atoms with Gasteiger partial charge in [0.15, 0.2) is 0 Å². The normalized spacial score (nSPS) is 13.1. The summed E-state index contributed by atoms with van der Waals surface area (Å²) >= 11 is 3.72. The fraction of sp³-hybridized carbons (Fsp3) is 0.0204. The van der Waals surface area contributed by atoms with Crippen LogP contribution in [0, 0.1) is 0 Å². The summed E-state index contributed by atoms with van der Waals surface area (Å²) < 4.78 is 5.84. The molecule has 0 amide bonds. The molecular formula is C98H65BrN4. The zero-order chi connectivity index (χ0) is 68.2. The van der Waals surface area contributed by atoms with E-state index in [0.717, 1.165) is 38.6 Å². The van der Waals surface area contributed by atoms with Gasteiger partial charge in [-0.1, -0.05) is 283 Å². The van der Waals surface area contributed by atoms with Crippen molar-refractivity contribution in [3.8, 4) is 55.9 Å². The molecule has 22 rings (SSSR count). The quantitative estimate of drug-likeness (QED) is 0.172. The average Bonchev–Trinajstić information content (AvgIpc) is 1.52. The number of rotatable bonds is 7. The Hall–Kier alpha value is -12.8. The van der Waals surface area contributed by atoms with Gasteiger partial charge >= 0.3 is 0 Å². The molecule has 5 heteroatoms. The SMILES string of the molecule is Brc1ccc2c(c1)C1(c3ccccc3-c3ccccc31)c1ccccc1-2.c1ccc(N(c2ccc3c(c2)C2(c4ccccc4-c4ccccc42)c2ccccc2-3)c2ccc3c(c2)c2ccccc2n3-c2ccccc2)cc1.c1ccc(Nc2ccc3c(c2)c2ccccc2n3-c2ccccc2)cc1. The molecule has 0 aliphatic heterocycles. The van der Waals surface area contributed by atoms with E-state index in [4.69, 9.17) is 0 Å². The van der Waals surface area contributed by atoms with Gasteiger partial charge in [-0.25, -0.2) is 0 Å². The Morgan fingerprint density at radius 1 is 0.223 bits per heavy atom. The van der Waals surface area contributed by atoms with Crippen molar-refractivity contribution in [1.82, 2.24) is 9.13 Å². The summed E-state index contributed by atoms with van der Waals surface area (Å²) in [7, 11) is 0. The van der Waals surface area contributed by atoms with Crippen LogP contribution in [-0.2, 0) is 10.8 Å². The fourth-order valence-electron chi connectivity index (χ4n) is 17.9. The van der Waals surface area contributed by atoms with Crippen LogP contribution in [0.15, 0.2) is 393 Å². The largest absolute Gasteiger partial charge is 0.356 e. The number of hydrogen-bond acceptors (Lipinski definition) is 2. The van der Waals surface area contributed by atoms with Gasteiger partial charge in [-0.15, -0.1) is 0 Å². The second-order valence-electron chi connectivity index (χ2n) is 27.2. The fourth-order valence-corrected chi connectivity index (χ4v) is 18.2. The number of aromatic nitrogens is 2. The van der Waals surface area contributed by atoms with Gasteiger partial charge in [0, 0.05) is 65.8 Å². The summed E-state index contributed by atoms with van der Waals surface area (Å²) in [6, 6.07) is 141. The first kappa shape index (κ1) is 60.2. The van der Waals surface area contributed by atoms with Gasteiger partial charge in [-0.05, 0) is 210 Å². The molecule has 2 heterocycles. The Morgan fingerprint density at radius 3 is 1.02 bits per heavy atom. The Labute approximate surface area is 607 Å². The van der Waals surface area contributed by atoms with Gasteiger partial charge in [0.2, 0.25) is 0 Å². The van der Waals surface area contributed by atoms with Crippen LogP contribution in [0.3, 0.4) is 0 Å². The van der Waals surface area contributed by atoms with Crippen LogP contribution < -0.4 is 10.2 Å². The van der Waals surface area contributed by atoms with E-state index in [2.05, 4.69) is 405 Å². The van der Waals surface area contributed by atoms with Gasteiger partial charge in [-0.3, -0.25) is 0 Å². The van der Waals surface area contributed by atoms with Crippen molar-refractivity contribution in [3.05, 3.63) is 437 Å². The van der Waals surface area contributed by atoms with Crippen molar-refractivity contribution >= 4 is 88.0 Å². The minimum atomic E-state index is -0.398. The maximum Gasteiger partial charge on any atom is 0.0726 e. The maximum atomic E-state index is 3.72. The van der Waals surface area contributed by atoms with Crippen LogP contribution in [0.1, 0.15) is 44.5 Å². The third-order valence-electron chi connectivity index (χ3n) is 21.9. The Balaban J connectivity index is 0.000000114. The highest BCUT2D eigenvalue weighted by Crippen LogP contribution is 2.65. The third kappa shape index (κ3) is 9.22. The Morgan fingerprint density at radius 2 is 0.553 bits per heavy atom. The van der Waals surface area contributed by atoms with Crippen LogP contribution in [0.4, 0.5) is 28.4 Å². The number of fused-ring (bicyclic) bond motifs is 26. The minimum Gasteiger partial charge on any atom is -0.356 e. The van der Waals surface area contributed by atoms with E-state index >= 15 is 0 Å². The molecule has 0 unspecified atom stereocenters. The first-order chi connectivity index (χ1) is 51.0. The van der Waals surface area contributed by atoms with E-state index < -0.39 is 5.41 Å². The summed E-state index contributed by atoms with van der Waals surface area (Å²) in [5.74, 6) is 0. The lowest BCUT2D eigenvalue weighted by atomic mass is 9.70. The van der Waals surface area contributed by atoms with Crippen molar-refractivity contribution in [3.63, 3.8) is 0 Å². The van der Waals surface area contributed by atoms with Gasteiger partial charge in [0.1, 0.15) is 0 Å². The first-order valence-corrected chi connectivity index (χ1v) is 36.2. The lowest BCUT2D eigenvalue weighted by Gasteiger charge is -2.32. The van der Waals surface area contributed by atoms with Crippen molar-refractivity contribution in [2.24, 2.45) is 0 Å². The zero-order valence-electron chi connectivity index (χ0n) is 56.2. The number of para-hydroxylation sites is 6. The molecule has 484 valence electrons. The Kier molecular flexibility index (Phi) is 14.2. The monoisotopic (exact) mass is 1380 g/mol. The van der Waals surface area contributed by atoms with Crippen LogP contribution in [-0.4, -0.2) is 9.13 Å². The molecule has 4 aliphatic carbocycles. The number of halogens is 1. The van der Waals surface area contributed by atoms with E-state index in [-0.39, 0.29) is 5.41 Å². The summed E-state index contributed by atoms with van der Waals surface area (Å²) in [5, 5.41) is 8.50. The van der Waals surface area contributed by atoms with E-state index in [1.165, 1.54) is 138 Å². The predicted octanol–water partition coefficient (Wildman–Crippen LogP) is 25.9. The third-order valence-corrected chi connectivity index (χ3v) is 22.4. The molecular weight excluding hydrogens is 1310 g/mol. The molecule has 1 N–H and O–H groups in total. The van der Waals surface area contributed by atoms with Gasteiger partial charge in [0.25, 0.3) is 0 Å². The molecule has 0 fully saturated rings. The average molecular weight is 1380 g/mol. The number of nitrogens with zero attached hydrogens (tertiary/aromatic N) is 3. The van der Waals surface area contributed by atoms with Crippen LogP contribution in [0.25, 0.3) is 99.5 Å². The number of benzene rings is 16. The van der Waals surface area contributed by atoms with Gasteiger partial charge in [0.05, 0.1) is 32.9 Å². The molecule has 0 bridgehead atoms. The zero-order valence-corrected chi connectivity index (χ0v) is 57.8. The molecule has 4 aliphatic rings. The van der Waals surface area contributed by atoms with E-state index in [0.29, 0.717) is 0 Å². The van der Waals surface area contributed by atoms with Crippen LogP contribution in [0.2, 0.25) is 0 Å². The summed E-state index contributed by atoms with van der Waals surface area (Å²) in [5.41, 5.74) is 33.8. The molecule has 2 aromatic heterocycles. The molecule has 18 aromatic rings. The molecule has 103 heavy (non-hydrogen) atoms. The predicted molar refractivity (Wildman–Crippen MR) is 433 cm³/mol. The van der Waals surface area contributed by atoms with Crippen LogP contribution in [0.5, 0.6) is 0 Å². The highest BCUT2D eigenvalue weighted by molar-refractivity contribution is 9.10. The smallest absolute Gasteiger partial charge is 0.0726 e. The van der Waals surface area contributed by atoms with Gasteiger partial charge in [-0.2, -0.15) is 0 Å². The molecule has 0 radical (unpaired) electrons. The summed E-state index contributed by atoms with van der Waals surface area (Å²) in [6.07, 6.45) is 0. The van der Waals surface area contributed by atoms with Crippen molar-refractivity contribution < 1.29 is 0 Å².